The Morgan fingerprint density at radius 3 is 2.30 bits per heavy atom. The minimum atomic E-state index is -3.52. The first-order chi connectivity index (χ1) is 9.58. The molecule has 0 aliphatic carbocycles. The highest BCUT2D eigenvalue weighted by molar-refractivity contribution is 7.89. The van der Waals surface area contributed by atoms with E-state index in [1.54, 1.807) is 12.1 Å². The van der Waals surface area contributed by atoms with E-state index in [9.17, 15) is 8.42 Å². The Morgan fingerprint density at radius 1 is 1.00 bits per heavy atom. The average molecular weight is 292 g/mol. The number of nitrogens with two attached hydrogens (primary N) is 1. The van der Waals surface area contributed by atoms with E-state index in [2.05, 4.69) is 4.72 Å². The third-order valence-electron chi connectivity index (χ3n) is 2.60. The van der Waals surface area contributed by atoms with Crippen molar-refractivity contribution in [1.29, 1.82) is 0 Å². The fourth-order valence-corrected chi connectivity index (χ4v) is 2.61. The van der Waals surface area contributed by atoms with Crippen molar-refractivity contribution in [2.45, 2.75) is 4.90 Å². The SMILES string of the molecule is Nc1ccc(S(=O)(=O)NCCOc2ccccc2)cc1. The van der Waals surface area contributed by atoms with E-state index in [1.165, 1.54) is 12.1 Å². The van der Waals surface area contributed by atoms with Crippen LogP contribution < -0.4 is 15.2 Å². The molecule has 0 saturated heterocycles. The maximum Gasteiger partial charge on any atom is 0.240 e. The highest BCUT2D eigenvalue weighted by Gasteiger charge is 2.12. The molecule has 2 rings (SSSR count). The fraction of sp³-hybridized carbons (Fsp3) is 0.143. The van der Waals surface area contributed by atoms with Gasteiger partial charge in [-0.15, -0.1) is 0 Å². The molecule has 106 valence electrons. The molecule has 0 spiro atoms. The summed E-state index contributed by atoms with van der Waals surface area (Å²) in [6, 6.07) is 15.3. The summed E-state index contributed by atoms with van der Waals surface area (Å²) in [5.74, 6) is 0.708. The second-order valence-electron chi connectivity index (χ2n) is 4.13. The zero-order valence-electron chi connectivity index (χ0n) is 10.8. The zero-order chi connectivity index (χ0) is 14.4. The predicted octanol–water partition coefficient (Wildman–Crippen LogP) is 1.63. The Bertz CT molecular complexity index is 640. The quantitative estimate of drug-likeness (QED) is 0.626. The summed E-state index contributed by atoms with van der Waals surface area (Å²) in [6.45, 7) is 0.458. The molecule has 5 nitrogen and oxygen atoms in total. The van der Waals surface area contributed by atoms with Crippen molar-refractivity contribution in [2.24, 2.45) is 0 Å². The van der Waals surface area contributed by atoms with Gasteiger partial charge in [-0.25, -0.2) is 13.1 Å². The molecule has 0 aromatic heterocycles. The van der Waals surface area contributed by atoms with Crippen molar-refractivity contribution in [2.75, 3.05) is 18.9 Å². The Hall–Kier alpha value is -2.05. The molecule has 20 heavy (non-hydrogen) atoms. The Labute approximate surface area is 118 Å². The Morgan fingerprint density at radius 2 is 1.65 bits per heavy atom. The first-order valence-corrected chi connectivity index (χ1v) is 7.59. The van der Waals surface area contributed by atoms with Gasteiger partial charge in [0.15, 0.2) is 0 Å². The molecule has 0 amide bonds. The minimum Gasteiger partial charge on any atom is -0.492 e. The minimum absolute atomic E-state index is 0.186. The maximum atomic E-state index is 11.9. The van der Waals surface area contributed by atoms with E-state index >= 15 is 0 Å². The summed E-state index contributed by atoms with van der Waals surface area (Å²) < 4.78 is 31.8. The van der Waals surface area contributed by atoms with Crippen LogP contribution in [0.2, 0.25) is 0 Å². The number of para-hydroxylation sites is 1. The van der Waals surface area contributed by atoms with E-state index in [0.717, 1.165) is 0 Å². The number of ether oxygens (including phenoxy) is 1. The van der Waals surface area contributed by atoms with Crippen LogP contribution in [0.15, 0.2) is 59.5 Å². The van der Waals surface area contributed by atoms with Gasteiger partial charge in [0.05, 0.1) is 4.90 Å². The summed E-state index contributed by atoms with van der Waals surface area (Å²) in [6.07, 6.45) is 0. The van der Waals surface area contributed by atoms with Gasteiger partial charge in [-0.1, -0.05) is 18.2 Å². The summed E-state index contributed by atoms with van der Waals surface area (Å²) in [5, 5.41) is 0. The van der Waals surface area contributed by atoms with E-state index in [4.69, 9.17) is 10.5 Å². The van der Waals surface area contributed by atoms with Gasteiger partial charge in [-0.2, -0.15) is 0 Å². The molecule has 0 aliphatic rings. The monoisotopic (exact) mass is 292 g/mol. The lowest BCUT2D eigenvalue weighted by Gasteiger charge is -2.08. The third kappa shape index (κ3) is 3.97. The van der Waals surface area contributed by atoms with Crippen LogP contribution in [0.25, 0.3) is 0 Å². The molecular weight excluding hydrogens is 276 g/mol. The molecule has 0 unspecified atom stereocenters. The van der Waals surface area contributed by atoms with E-state index in [1.807, 2.05) is 30.3 Å². The van der Waals surface area contributed by atoms with Crippen LogP contribution >= 0.6 is 0 Å². The van der Waals surface area contributed by atoms with E-state index in [0.29, 0.717) is 11.4 Å². The summed E-state index contributed by atoms with van der Waals surface area (Å²) in [4.78, 5) is 0.186. The number of sulfonamides is 1. The van der Waals surface area contributed by atoms with Crippen LogP contribution in [-0.2, 0) is 10.0 Å². The van der Waals surface area contributed by atoms with Crippen molar-refractivity contribution in [3.05, 3.63) is 54.6 Å². The van der Waals surface area contributed by atoms with Gasteiger partial charge in [0.1, 0.15) is 12.4 Å². The fourth-order valence-electron chi connectivity index (χ4n) is 1.59. The third-order valence-corrected chi connectivity index (χ3v) is 4.07. The van der Waals surface area contributed by atoms with Crippen LogP contribution in [0.5, 0.6) is 5.75 Å². The van der Waals surface area contributed by atoms with Gasteiger partial charge in [0.25, 0.3) is 0 Å². The number of nitrogen functional groups attached to an aromatic ring is 1. The molecule has 0 heterocycles. The summed E-state index contributed by atoms with van der Waals surface area (Å²) in [7, 11) is -3.52. The lowest BCUT2D eigenvalue weighted by molar-refractivity contribution is 0.323. The molecule has 6 heteroatoms. The van der Waals surface area contributed by atoms with Gasteiger partial charge in [-0.05, 0) is 36.4 Å². The number of hydrogen-bond acceptors (Lipinski definition) is 4. The molecule has 0 saturated carbocycles. The normalized spacial score (nSPS) is 11.2. The summed E-state index contributed by atoms with van der Waals surface area (Å²) in [5.41, 5.74) is 6.05. The van der Waals surface area contributed by atoms with Crippen molar-refractivity contribution in [3.63, 3.8) is 0 Å². The van der Waals surface area contributed by atoms with E-state index < -0.39 is 10.0 Å². The molecular formula is C14H16N2O3S. The molecule has 2 aromatic carbocycles. The van der Waals surface area contributed by atoms with Crippen LogP contribution in [0, 0.1) is 0 Å². The van der Waals surface area contributed by atoms with Crippen LogP contribution in [0.3, 0.4) is 0 Å². The van der Waals surface area contributed by atoms with E-state index in [-0.39, 0.29) is 18.0 Å². The highest BCUT2D eigenvalue weighted by Crippen LogP contribution is 2.11. The highest BCUT2D eigenvalue weighted by atomic mass is 32.2. The zero-order valence-corrected chi connectivity index (χ0v) is 11.6. The van der Waals surface area contributed by atoms with Gasteiger partial charge in [0.2, 0.25) is 10.0 Å². The molecule has 0 fully saturated rings. The topological polar surface area (TPSA) is 81.4 Å². The van der Waals surface area contributed by atoms with Crippen LogP contribution in [-0.4, -0.2) is 21.6 Å². The number of benzene rings is 2. The Kier molecular flexibility index (Phi) is 4.60. The predicted molar refractivity (Wildman–Crippen MR) is 78.0 cm³/mol. The second-order valence-corrected chi connectivity index (χ2v) is 5.90. The molecule has 0 radical (unpaired) electrons. The average Bonchev–Trinajstić information content (AvgIpc) is 2.45. The van der Waals surface area contributed by atoms with Crippen LogP contribution in [0.4, 0.5) is 5.69 Å². The van der Waals surface area contributed by atoms with Gasteiger partial charge >= 0.3 is 0 Å². The molecule has 0 aliphatic heterocycles. The van der Waals surface area contributed by atoms with Crippen molar-refractivity contribution in [1.82, 2.24) is 4.72 Å². The van der Waals surface area contributed by atoms with Gasteiger partial charge in [-0.3, -0.25) is 0 Å². The van der Waals surface area contributed by atoms with Gasteiger partial charge < -0.3 is 10.5 Å². The number of anilines is 1. The van der Waals surface area contributed by atoms with Crippen LogP contribution in [0.1, 0.15) is 0 Å². The molecule has 2 aromatic rings. The first kappa shape index (κ1) is 14.4. The smallest absolute Gasteiger partial charge is 0.240 e. The Balaban J connectivity index is 1.85. The number of rotatable bonds is 6. The number of hydrogen-bond donors (Lipinski definition) is 2. The lowest BCUT2D eigenvalue weighted by atomic mass is 10.3. The molecule has 0 atom stereocenters. The molecule has 0 bridgehead atoms. The van der Waals surface area contributed by atoms with Crippen molar-refractivity contribution in [3.8, 4) is 5.75 Å². The maximum absolute atomic E-state index is 11.9. The largest absolute Gasteiger partial charge is 0.492 e. The molecule has 3 N–H and O–H groups in total. The first-order valence-electron chi connectivity index (χ1n) is 6.11. The second kappa shape index (κ2) is 6.40. The van der Waals surface area contributed by atoms with Crippen molar-refractivity contribution >= 4 is 15.7 Å². The number of nitrogens with one attached hydrogen (secondary N) is 1. The van der Waals surface area contributed by atoms with Gasteiger partial charge in [0, 0.05) is 12.2 Å². The lowest BCUT2D eigenvalue weighted by Crippen LogP contribution is -2.28. The standard InChI is InChI=1S/C14H16N2O3S/c15-12-6-8-14(9-7-12)20(17,18)16-10-11-19-13-4-2-1-3-5-13/h1-9,16H,10-11,15H2. The van der Waals surface area contributed by atoms with Crippen molar-refractivity contribution < 1.29 is 13.2 Å². The summed E-state index contributed by atoms with van der Waals surface area (Å²) >= 11 is 0.